The number of ether oxygens (including phenoxy) is 1. The van der Waals surface area contributed by atoms with Gasteiger partial charge in [-0.2, -0.15) is 4.31 Å². The highest BCUT2D eigenvalue weighted by molar-refractivity contribution is 9.11. The fraction of sp³-hybridized carbons (Fsp3) is 0.571. The number of halogens is 1. The van der Waals surface area contributed by atoms with E-state index in [1.54, 1.807) is 26.8 Å². The van der Waals surface area contributed by atoms with Gasteiger partial charge in [0.25, 0.3) is 10.0 Å². The van der Waals surface area contributed by atoms with Crippen molar-refractivity contribution in [1.29, 1.82) is 0 Å². The lowest BCUT2D eigenvalue weighted by molar-refractivity contribution is -0.144. The van der Waals surface area contributed by atoms with Gasteiger partial charge in [0.15, 0.2) is 5.54 Å². The first-order valence-electron chi connectivity index (χ1n) is 7.36. The minimum absolute atomic E-state index is 0.0139. The Balaban J connectivity index is 2.21. The summed E-state index contributed by atoms with van der Waals surface area (Å²) in [5.41, 5.74) is -2.51. The van der Waals surface area contributed by atoms with Crippen molar-refractivity contribution in [3.8, 4) is 0 Å². The van der Waals surface area contributed by atoms with E-state index in [0.29, 0.717) is 3.79 Å². The normalized spacial score (nSPS) is 21.9. The highest BCUT2D eigenvalue weighted by atomic mass is 79.9. The van der Waals surface area contributed by atoms with Crippen molar-refractivity contribution in [2.24, 2.45) is 0 Å². The van der Waals surface area contributed by atoms with Gasteiger partial charge in [0.1, 0.15) is 9.81 Å². The molecule has 0 aromatic carbocycles. The van der Waals surface area contributed by atoms with E-state index in [1.165, 1.54) is 6.07 Å². The topological polar surface area (TPSA) is 113 Å². The summed E-state index contributed by atoms with van der Waals surface area (Å²) in [6.07, 6.45) is -0.944. The second-order valence-corrected chi connectivity index (χ2v) is 11.3. The molecule has 1 aliphatic rings. The summed E-state index contributed by atoms with van der Waals surface area (Å²) in [6.45, 7) is 4.58. The average molecular weight is 455 g/mol. The molecule has 1 aromatic heterocycles. The third-order valence-electron chi connectivity index (χ3n) is 3.53. The fourth-order valence-corrected chi connectivity index (χ4v) is 6.04. The number of aliphatic carboxylic acids is 1. The lowest BCUT2D eigenvalue weighted by Gasteiger charge is -2.28. The first-order valence-corrected chi connectivity index (χ1v) is 10.4. The van der Waals surface area contributed by atoms with Crippen LogP contribution in [0.1, 0.15) is 27.2 Å². The molecule has 1 aromatic rings. The maximum Gasteiger partial charge on any atom is 0.408 e. The maximum atomic E-state index is 12.7. The summed E-state index contributed by atoms with van der Waals surface area (Å²) in [4.78, 5) is 23.7. The van der Waals surface area contributed by atoms with Gasteiger partial charge in [-0.15, -0.1) is 11.3 Å². The Morgan fingerprint density at radius 2 is 2.04 bits per heavy atom. The molecule has 8 nitrogen and oxygen atoms in total. The summed E-state index contributed by atoms with van der Waals surface area (Å²) < 4.78 is 32.2. The highest BCUT2D eigenvalue weighted by Crippen LogP contribution is 2.32. The van der Waals surface area contributed by atoms with Gasteiger partial charge < -0.3 is 15.2 Å². The molecule has 1 aliphatic heterocycles. The van der Waals surface area contributed by atoms with Crippen LogP contribution < -0.4 is 5.32 Å². The van der Waals surface area contributed by atoms with E-state index < -0.39 is 33.2 Å². The number of carboxylic acid groups (broad SMARTS) is 1. The molecule has 0 bridgehead atoms. The number of thiophene rings is 1. The van der Waals surface area contributed by atoms with Gasteiger partial charge in [0.05, 0.1) is 3.79 Å². The van der Waals surface area contributed by atoms with Gasteiger partial charge in [-0.1, -0.05) is 0 Å². The third-order valence-corrected chi connectivity index (χ3v) is 7.46. The SMILES string of the molecule is CC(C)(C)OC(=O)NC1(C(=O)O)CCN(S(=O)(=O)c2ccc(Br)s2)C1. The molecule has 1 unspecified atom stereocenters. The first-order chi connectivity index (χ1) is 11.4. The van der Waals surface area contributed by atoms with Crippen molar-refractivity contribution in [3.63, 3.8) is 0 Å². The number of alkyl carbamates (subject to hydrolysis) is 1. The Bertz CT molecular complexity index is 785. The van der Waals surface area contributed by atoms with Crippen molar-refractivity contribution < 1.29 is 27.9 Å². The monoisotopic (exact) mass is 454 g/mol. The summed E-state index contributed by atoms with van der Waals surface area (Å²) >= 11 is 4.25. The molecule has 1 fully saturated rings. The Kier molecular flexibility index (Phi) is 5.53. The second-order valence-electron chi connectivity index (χ2n) is 6.66. The summed E-state index contributed by atoms with van der Waals surface area (Å²) in [5, 5.41) is 11.9. The summed E-state index contributed by atoms with van der Waals surface area (Å²) in [6, 6.07) is 3.06. The zero-order chi connectivity index (χ0) is 19.0. The number of carboxylic acids is 1. The first kappa shape index (κ1) is 20.1. The molecule has 1 amide bonds. The largest absolute Gasteiger partial charge is 0.479 e. The molecule has 11 heteroatoms. The van der Waals surface area contributed by atoms with E-state index in [4.69, 9.17) is 4.74 Å². The molecule has 2 heterocycles. The average Bonchev–Trinajstić information content (AvgIpc) is 3.04. The van der Waals surface area contributed by atoms with Gasteiger partial charge in [-0.25, -0.2) is 18.0 Å². The van der Waals surface area contributed by atoms with Crippen LogP contribution in [0.2, 0.25) is 0 Å². The molecular weight excluding hydrogens is 436 g/mol. The molecule has 0 saturated carbocycles. The summed E-state index contributed by atoms with van der Waals surface area (Å²) in [7, 11) is -3.83. The van der Waals surface area contributed by atoms with Crippen LogP contribution in [-0.4, -0.2) is 54.1 Å². The van der Waals surface area contributed by atoms with E-state index >= 15 is 0 Å². The van der Waals surface area contributed by atoms with E-state index in [9.17, 15) is 23.1 Å². The van der Waals surface area contributed by atoms with Crippen LogP contribution in [0, 0.1) is 0 Å². The number of nitrogens with zero attached hydrogens (tertiary/aromatic N) is 1. The molecule has 0 spiro atoms. The Hall–Kier alpha value is -1.17. The molecule has 0 radical (unpaired) electrons. The molecule has 25 heavy (non-hydrogen) atoms. The number of carbonyl (C=O) groups excluding carboxylic acids is 1. The van der Waals surface area contributed by atoms with Crippen LogP contribution in [0.15, 0.2) is 20.1 Å². The van der Waals surface area contributed by atoms with Gasteiger partial charge in [0.2, 0.25) is 0 Å². The Morgan fingerprint density at radius 3 is 2.52 bits per heavy atom. The van der Waals surface area contributed by atoms with E-state index in [2.05, 4.69) is 21.2 Å². The second kappa shape index (κ2) is 6.86. The van der Waals surface area contributed by atoms with E-state index in [1.807, 2.05) is 0 Å². The van der Waals surface area contributed by atoms with Crippen LogP contribution >= 0.6 is 27.3 Å². The van der Waals surface area contributed by atoms with Crippen LogP contribution in [0.4, 0.5) is 4.79 Å². The number of rotatable bonds is 4. The van der Waals surface area contributed by atoms with Crippen LogP contribution in [0.25, 0.3) is 0 Å². The minimum Gasteiger partial charge on any atom is -0.479 e. The number of nitrogens with one attached hydrogen (secondary N) is 1. The van der Waals surface area contributed by atoms with Crippen molar-refractivity contribution in [2.75, 3.05) is 13.1 Å². The standard InChI is InChI=1S/C14H19BrN2O6S2/c1-13(2,3)23-12(20)16-14(11(18)19)6-7-17(8-14)25(21,22)10-5-4-9(15)24-10/h4-5H,6-8H2,1-3H3,(H,16,20)(H,18,19). The third kappa shape index (κ3) is 4.52. The number of amides is 1. The highest BCUT2D eigenvalue weighted by Gasteiger charge is 2.50. The zero-order valence-electron chi connectivity index (χ0n) is 13.9. The van der Waals surface area contributed by atoms with Crippen LogP contribution in [-0.2, 0) is 19.6 Å². The maximum absolute atomic E-state index is 12.7. The molecule has 2 N–H and O–H groups in total. The Labute approximate surface area is 158 Å². The van der Waals surface area contributed by atoms with Crippen LogP contribution in [0.5, 0.6) is 0 Å². The molecular formula is C14H19BrN2O6S2. The lowest BCUT2D eigenvalue weighted by Crippen LogP contribution is -2.57. The fourth-order valence-electron chi connectivity index (χ4n) is 2.37. The number of carbonyl (C=O) groups is 2. The van der Waals surface area contributed by atoms with Gasteiger partial charge >= 0.3 is 12.1 Å². The van der Waals surface area contributed by atoms with E-state index in [0.717, 1.165) is 15.6 Å². The molecule has 0 aliphatic carbocycles. The van der Waals surface area contributed by atoms with Crippen molar-refractivity contribution in [1.82, 2.24) is 9.62 Å². The molecule has 1 atom stereocenters. The number of sulfonamides is 1. The zero-order valence-corrected chi connectivity index (χ0v) is 17.1. The minimum atomic E-state index is -3.83. The predicted octanol–water partition coefficient (Wildman–Crippen LogP) is 2.25. The van der Waals surface area contributed by atoms with Crippen molar-refractivity contribution in [2.45, 2.75) is 42.5 Å². The quantitative estimate of drug-likeness (QED) is 0.720. The molecule has 1 saturated heterocycles. The Morgan fingerprint density at radius 1 is 1.40 bits per heavy atom. The van der Waals surface area contributed by atoms with Crippen molar-refractivity contribution >= 4 is 49.4 Å². The van der Waals surface area contributed by atoms with Gasteiger partial charge in [0, 0.05) is 13.1 Å². The predicted molar refractivity (Wildman–Crippen MR) is 95.1 cm³/mol. The lowest BCUT2D eigenvalue weighted by atomic mass is 9.99. The molecule has 2 rings (SSSR count). The van der Waals surface area contributed by atoms with Crippen LogP contribution in [0.3, 0.4) is 0 Å². The van der Waals surface area contributed by atoms with Gasteiger partial charge in [-0.3, -0.25) is 0 Å². The number of hydrogen-bond acceptors (Lipinski definition) is 6. The number of hydrogen-bond donors (Lipinski definition) is 2. The van der Waals surface area contributed by atoms with E-state index in [-0.39, 0.29) is 23.7 Å². The van der Waals surface area contributed by atoms with Crippen molar-refractivity contribution in [3.05, 3.63) is 15.9 Å². The summed E-state index contributed by atoms with van der Waals surface area (Å²) in [5.74, 6) is -1.30. The smallest absolute Gasteiger partial charge is 0.408 e. The van der Waals surface area contributed by atoms with Gasteiger partial charge in [-0.05, 0) is 55.3 Å². The molecule has 140 valence electrons.